The minimum Gasteiger partial charge on any atom is -0.368 e. The molecule has 10 heteroatoms. The highest BCUT2D eigenvalue weighted by molar-refractivity contribution is 7.98. The number of hydrogen-bond acceptors (Lipinski definition) is 8. The van der Waals surface area contributed by atoms with Crippen molar-refractivity contribution >= 4 is 27.5 Å². The standard InChI is InChI=1S/C19H21N5O3S2/c1-11(2)24-15(25)10-9-14(23-24)16-17(21-19(20)22-18(16)28-3)12-5-7-13(8-6-12)29(4,26)27/h5-11H,1-4H3,(H2,20,21,22). The van der Waals surface area contributed by atoms with Crippen LogP contribution >= 0.6 is 11.8 Å². The molecule has 0 spiro atoms. The molecular weight excluding hydrogens is 410 g/mol. The van der Waals surface area contributed by atoms with Crippen LogP contribution in [0.2, 0.25) is 0 Å². The van der Waals surface area contributed by atoms with E-state index in [0.29, 0.717) is 27.5 Å². The third-order valence-electron chi connectivity index (χ3n) is 4.21. The van der Waals surface area contributed by atoms with Crippen molar-refractivity contribution in [3.05, 3.63) is 46.8 Å². The predicted molar refractivity (Wildman–Crippen MR) is 115 cm³/mol. The van der Waals surface area contributed by atoms with Gasteiger partial charge >= 0.3 is 0 Å². The maximum atomic E-state index is 12.1. The first kappa shape index (κ1) is 21.0. The number of nitrogens with zero attached hydrogens (tertiary/aromatic N) is 4. The fraction of sp³-hybridized carbons (Fsp3) is 0.263. The molecule has 29 heavy (non-hydrogen) atoms. The predicted octanol–water partition coefficient (Wildman–Crippen LogP) is 2.66. The number of rotatable bonds is 5. The van der Waals surface area contributed by atoms with Crippen LogP contribution < -0.4 is 11.3 Å². The Kier molecular flexibility index (Phi) is 5.76. The summed E-state index contributed by atoms with van der Waals surface area (Å²) in [5.41, 5.74) is 8.06. The van der Waals surface area contributed by atoms with Crippen molar-refractivity contribution < 1.29 is 8.42 Å². The molecule has 0 radical (unpaired) electrons. The van der Waals surface area contributed by atoms with Gasteiger partial charge in [0.2, 0.25) is 5.95 Å². The number of hydrogen-bond donors (Lipinski definition) is 1. The highest BCUT2D eigenvalue weighted by atomic mass is 32.2. The Labute approximate surface area is 173 Å². The average molecular weight is 432 g/mol. The van der Waals surface area contributed by atoms with Gasteiger partial charge in [0.05, 0.1) is 27.9 Å². The molecule has 0 saturated carbocycles. The molecule has 152 valence electrons. The Morgan fingerprint density at radius 1 is 1.07 bits per heavy atom. The van der Waals surface area contributed by atoms with E-state index in [1.54, 1.807) is 18.2 Å². The number of sulfone groups is 1. The number of aromatic nitrogens is 4. The molecule has 0 saturated heterocycles. The summed E-state index contributed by atoms with van der Waals surface area (Å²) < 4.78 is 24.9. The zero-order valence-electron chi connectivity index (χ0n) is 16.4. The van der Waals surface area contributed by atoms with Crippen LogP contribution in [-0.2, 0) is 9.84 Å². The summed E-state index contributed by atoms with van der Waals surface area (Å²) in [6.45, 7) is 3.75. The Morgan fingerprint density at radius 2 is 1.72 bits per heavy atom. The molecule has 0 aliphatic rings. The maximum Gasteiger partial charge on any atom is 0.267 e. The number of benzene rings is 1. The van der Waals surface area contributed by atoms with E-state index >= 15 is 0 Å². The van der Waals surface area contributed by atoms with Gasteiger partial charge in [0, 0.05) is 17.9 Å². The second kappa shape index (κ2) is 7.96. The van der Waals surface area contributed by atoms with Gasteiger partial charge in [-0.05, 0) is 38.3 Å². The molecule has 3 rings (SSSR count). The number of nitrogen functional groups attached to an aromatic ring is 1. The zero-order chi connectivity index (χ0) is 21.3. The fourth-order valence-corrected chi connectivity index (χ4v) is 4.05. The Balaban J connectivity index is 2.28. The zero-order valence-corrected chi connectivity index (χ0v) is 18.1. The van der Waals surface area contributed by atoms with E-state index in [-0.39, 0.29) is 22.4 Å². The van der Waals surface area contributed by atoms with E-state index < -0.39 is 9.84 Å². The van der Waals surface area contributed by atoms with Crippen molar-refractivity contribution in [1.29, 1.82) is 0 Å². The van der Waals surface area contributed by atoms with Gasteiger partial charge in [-0.2, -0.15) is 5.10 Å². The highest BCUT2D eigenvalue weighted by Crippen LogP contribution is 2.36. The van der Waals surface area contributed by atoms with Crippen molar-refractivity contribution in [3.8, 4) is 22.5 Å². The Morgan fingerprint density at radius 3 is 2.28 bits per heavy atom. The quantitative estimate of drug-likeness (QED) is 0.483. The van der Waals surface area contributed by atoms with Gasteiger partial charge in [-0.1, -0.05) is 12.1 Å². The SMILES string of the molecule is CSc1nc(N)nc(-c2ccc(S(C)(=O)=O)cc2)c1-c1ccc(=O)n(C(C)C)n1. The van der Waals surface area contributed by atoms with E-state index in [0.717, 1.165) is 6.26 Å². The lowest BCUT2D eigenvalue weighted by Gasteiger charge is -2.15. The first-order valence-corrected chi connectivity index (χ1v) is 11.9. The van der Waals surface area contributed by atoms with Gasteiger partial charge in [0.1, 0.15) is 5.03 Å². The lowest BCUT2D eigenvalue weighted by Crippen LogP contribution is -2.24. The minimum atomic E-state index is -3.32. The number of nitrogens with two attached hydrogens (primary N) is 1. The Hall–Kier alpha value is -2.72. The second-order valence-electron chi connectivity index (χ2n) is 6.71. The van der Waals surface area contributed by atoms with Crippen molar-refractivity contribution in [1.82, 2.24) is 19.7 Å². The normalized spacial score (nSPS) is 11.8. The smallest absolute Gasteiger partial charge is 0.267 e. The van der Waals surface area contributed by atoms with Crippen LogP contribution in [0.4, 0.5) is 5.95 Å². The van der Waals surface area contributed by atoms with E-state index in [4.69, 9.17) is 5.73 Å². The van der Waals surface area contributed by atoms with Gasteiger partial charge < -0.3 is 5.73 Å². The molecule has 0 amide bonds. The van der Waals surface area contributed by atoms with Crippen LogP contribution in [0, 0.1) is 0 Å². The van der Waals surface area contributed by atoms with Crippen LogP contribution in [0.25, 0.3) is 22.5 Å². The third-order valence-corrected chi connectivity index (χ3v) is 6.02. The lowest BCUT2D eigenvalue weighted by atomic mass is 10.0. The monoisotopic (exact) mass is 431 g/mol. The third kappa shape index (κ3) is 4.33. The first-order chi connectivity index (χ1) is 13.6. The molecule has 1 aromatic carbocycles. The molecule has 2 heterocycles. The van der Waals surface area contributed by atoms with Crippen LogP contribution in [0.5, 0.6) is 0 Å². The molecule has 0 aliphatic heterocycles. The van der Waals surface area contributed by atoms with Crippen LogP contribution in [0.15, 0.2) is 51.1 Å². The molecule has 0 fully saturated rings. The summed E-state index contributed by atoms with van der Waals surface area (Å²) >= 11 is 1.38. The summed E-state index contributed by atoms with van der Waals surface area (Å²) in [7, 11) is -3.32. The topological polar surface area (TPSA) is 121 Å². The van der Waals surface area contributed by atoms with Crippen molar-refractivity contribution in [2.75, 3.05) is 18.2 Å². The molecule has 0 bridgehead atoms. The molecule has 2 N–H and O–H groups in total. The summed E-state index contributed by atoms with van der Waals surface area (Å²) in [4.78, 5) is 21.0. The summed E-state index contributed by atoms with van der Waals surface area (Å²) in [6, 6.07) is 9.35. The molecule has 0 atom stereocenters. The minimum absolute atomic E-state index is 0.0949. The molecule has 2 aromatic heterocycles. The fourth-order valence-electron chi connectivity index (χ4n) is 2.83. The van der Waals surface area contributed by atoms with Crippen molar-refractivity contribution in [2.45, 2.75) is 29.8 Å². The molecule has 3 aromatic rings. The van der Waals surface area contributed by atoms with Gasteiger partial charge in [-0.3, -0.25) is 4.79 Å². The van der Waals surface area contributed by atoms with E-state index in [2.05, 4.69) is 15.1 Å². The molecule has 0 unspecified atom stereocenters. The highest BCUT2D eigenvalue weighted by Gasteiger charge is 2.20. The molecule has 8 nitrogen and oxygen atoms in total. The van der Waals surface area contributed by atoms with Crippen molar-refractivity contribution in [3.63, 3.8) is 0 Å². The molecular formula is C19H21N5O3S2. The van der Waals surface area contributed by atoms with Gasteiger partial charge in [0.15, 0.2) is 9.84 Å². The lowest BCUT2D eigenvalue weighted by molar-refractivity contribution is 0.504. The Bertz CT molecular complexity index is 1220. The summed E-state index contributed by atoms with van der Waals surface area (Å²) in [5.74, 6) is 0.0949. The van der Waals surface area contributed by atoms with Crippen LogP contribution in [0.3, 0.4) is 0 Å². The van der Waals surface area contributed by atoms with Crippen molar-refractivity contribution in [2.24, 2.45) is 0 Å². The summed E-state index contributed by atoms with van der Waals surface area (Å²) in [6.07, 6.45) is 3.02. The summed E-state index contributed by atoms with van der Waals surface area (Å²) in [5, 5.41) is 5.11. The largest absolute Gasteiger partial charge is 0.368 e. The number of thioether (sulfide) groups is 1. The van der Waals surface area contributed by atoms with Gasteiger partial charge in [-0.25, -0.2) is 23.1 Å². The van der Waals surface area contributed by atoms with Gasteiger partial charge in [0.25, 0.3) is 5.56 Å². The average Bonchev–Trinajstić information content (AvgIpc) is 2.67. The maximum absolute atomic E-state index is 12.1. The van der Waals surface area contributed by atoms with Crippen LogP contribution in [-0.4, -0.2) is 40.7 Å². The van der Waals surface area contributed by atoms with Crippen LogP contribution in [0.1, 0.15) is 19.9 Å². The second-order valence-corrected chi connectivity index (χ2v) is 9.52. The van der Waals surface area contributed by atoms with E-state index in [9.17, 15) is 13.2 Å². The van der Waals surface area contributed by atoms with Gasteiger partial charge in [-0.15, -0.1) is 11.8 Å². The first-order valence-electron chi connectivity index (χ1n) is 8.74. The number of anilines is 1. The van der Waals surface area contributed by atoms with E-state index in [1.807, 2.05) is 20.1 Å². The van der Waals surface area contributed by atoms with E-state index in [1.165, 1.54) is 34.6 Å². The molecule has 0 aliphatic carbocycles.